The number of Topliss-reactive ketones (excluding diaryl/α,β-unsaturated/α-hetero) is 1. The minimum absolute atomic E-state index is 0.0198. The first kappa shape index (κ1) is 15.5. The van der Waals surface area contributed by atoms with Crippen LogP contribution in [0.5, 0.6) is 0 Å². The molecule has 1 aromatic rings. The number of nitrogens with one attached hydrogen (secondary N) is 1. The highest BCUT2D eigenvalue weighted by Crippen LogP contribution is 2.24. The summed E-state index contributed by atoms with van der Waals surface area (Å²) in [7, 11) is 0. The van der Waals surface area contributed by atoms with Crippen LogP contribution in [0.1, 0.15) is 36.2 Å². The van der Waals surface area contributed by atoms with E-state index in [0.29, 0.717) is 0 Å². The van der Waals surface area contributed by atoms with Crippen molar-refractivity contribution in [1.29, 1.82) is 0 Å². The van der Waals surface area contributed by atoms with E-state index in [0.717, 1.165) is 57.7 Å². The molecular formula is C18H27N3O. The van der Waals surface area contributed by atoms with E-state index < -0.39 is 0 Å². The number of hydrogen-bond donors (Lipinski definition) is 1. The summed E-state index contributed by atoms with van der Waals surface area (Å²) in [6.07, 6.45) is 2.23. The Bertz CT molecular complexity index is 535. The van der Waals surface area contributed by atoms with Crippen molar-refractivity contribution >= 4 is 11.5 Å². The van der Waals surface area contributed by atoms with Gasteiger partial charge in [-0.3, -0.25) is 9.69 Å². The lowest BCUT2D eigenvalue weighted by Gasteiger charge is -2.37. The van der Waals surface area contributed by atoms with Crippen LogP contribution in [0.25, 0.3) is 0 Å². The first-order chi connectivity index (χ1) is 10.7. The molecule has 0 spiro atoms. The van der Waals surface area contributed by atoms with Crippen LogP contribution < -0.4 is 5.32 Å². The third-order valence-electron chi connectivity index (χ3n) is 5.11. The molecule has 0 aliphatic carbocycles. The molecule has 1 unspecified atom stereocenters. The fourth-order valence-electron chi connectivity index (χ4n) is 3.50. The van der Waals surface area contributed by atoms with Crippen LogP contribution in [0.2, 0.25) is 0 Å². The van der Waals surface area contributed by atoms with E-state index in [2.05, 4.69) is 41.1 Å². The van der Waals surface area contributed by atoms with Gasteiger partial charge in [0.1, 0.15) is 0 Å². The molecule has 2 heterocycles. The third kappa shape index (κ3) is 3.18. The van der Waals surface area contributed by atoms with Gasteiger partial charge in [-0.05, 0) is 50.1 Å². The van der Waals surface area contributed by atoms with Gasteiger partial charge in [-0.1, -0.05) is 6.92 Å². The standard InChI is InChI=1S/C18H27N3O/c1-3-20-9-11-21(12-10-20)14(2)18(22)16-6-7-17-15(13-16)5-4-8-19-17/h6-7,13-14,19H,3-5,8-12H2,1-2H3. The molecule has 3 rings (SSSR count). The smallest absolute Gasteiger partial charge is 0.179 e. The third-order valence-corrected chi connectivity index (χ3v) is 5.11. The van der Waals surface area contributed by atoms with Crippen molar-refractivity contribution in [3.05, 3.63) is 29.3 Å². The Morgan fingerprint density at radius 3 is 2.77 bits per heavy atom. The first-order valence-corrected chi connectivity index (χ1v) is 8.56. The number of carbonyl (C=O) groups is 1. The molecule has 1 atom stereocenters. The zero-order valence-electron chi connectivity index (χ0n) is 13.8. The quantitative estimate of drug-likeness (QED) is 0.865. The van der Waals surface area contributed by atoms with Crippen molar-refractivity contribution in [3.8, 4) is 0 Å². The van der Waals surface area contributed by atoms with Crippen LogP contribution in [0, 0.1) is 0 Å². The molecule has 1 saturated heterocycles. The molecule has 1 aromatic carbocycles. The molecule has 4 heteroatoms. The number of fused-ring (bicyclic) bond motifs is 1. The molecule has 0 saturated carbocycles. The summed E-state index contributed by atoms with van der Waals surface area (Å²) in [5.41, 5.74) is 3.36. The summed E-state index contributed by atoms with van der Waals surface area (Å²) in [6.45, 7) is 10.5. The van der Waals surface area contributed by atoms with E-state index in [-0.39, 0.29) is 11.8 Å². The number of benzene rings is 1. The molecule has 2 aliphatic heterocycles. The van der Waals surface area contributed by atoms with Gasteiger partial charge in [-0.2, -0.15) is 0 Å². The van der Waals surface area contributed by atoms with Gasteiger partial charge < -0.3 is 10.2 Å². The van der Waals surface area contributed by atoms with E-state index in [1.165, 1.54) is 11.3 Å². The number of carbonyl (C=O) groups excluding carboxylic acids is 1. The van der Waals surface area contributed by atoms with Crippen molar-refractivity contribution in [1.82, 2.24) is 9.80 Å². The zero-order valence-corrected chi connectivity index (χ0v) is 13.8. The Balaban J connectivity index is 1.68. The SMILES string of the molecule is CCN1CCN(C(C)C(=O)c2ccc3c(c2)CCCN3)CC1. The monoisotopic (exact) mass is 301 g/mol. The van der Waals surface area contributed by atoms with Crippen LogP contribution >= 0.6 is 0 Å². The van der Waals surface area contributed by atoms with E-state index in [1.807, 2.05) is 6.07 Å². The van der Waals surface area contributed by atoms with Gasteiger partial charge >= 0.3 is 0 Å². The molecule has 0 aromatic heterocycles. The second-order valence-corrected chi connectivity index (χ2v) is 6.41. The predicted molar refractivity (Wildman–Crippen MR) is 90.7 cm³/mol. The molecule has 0 radical (unpaired) electrons. The van der Waals surface area contributed by atoms with Gasteiger partial charge in [0.25, 0.3) is 0 Å². The molecule has 1 fully saturated rings. The summed E-state index contributed by atoms with van der Waals surface area (Å²) in [6, 6.07) is 6.14. The number of nitrogens with zero attached hydrogens (tertiary/aromatic N) is 2. The normalized spacial score (nSPS) is 21.0. The van der Waals surface area contributed by atoms with E-state index >= 15 is 0 Å². The molecule has 0 amide bonds. The number of aryl methyl sites for hydroxylation is 1. The minimum atomic E-state index is -0.0198. The molecular weight excluding hydrogens is 274 g/mol. The van der Waals surface area contributed by atoms with E-state index in [4.69, 9.17) is 0 Å². The van der Waals surface area contributed by atoms with Crippen molar-refractivity contribution in [2.24, 2.45) is 0 Å². The van der Waals surface area contributed by atoms with Crippen molar-refractivity contribution < 1.29 is 4.79 Å². The molecule has 120 valence electrons. The van der Waals surface area contributed by atoms with Crippen molar-refractivity contribution in [2.45, 2.75) is 32.7 Å². The van der Waals surface area contributed by atoms with Crippen molar-refractivity contribution in [2.75, 3.05) is 44.6 Å². The molecule has 1 N–H and O–H groups in total. The van der Waals surface area contributed by atoms with Crippen LogP contribution in [-0.2, 0) is 6.42 Å². The van der Waals surface area contributed by atoms with Gasteiger partial charge in [0.05, 0.1) is 6.04 Å². The lowest BCUT2D eigenvalue weighted by Crippen LogP contribution is -2.51. The van der Waals surface area contributed by atoms with Crippen LogP contribution in [-0.4, -0.2) is 60.9 Å². The topological polar surface area (TPSA) is 35.6 Å². The average molecular weight is 301 g/mol. The van der Waals surface area contributed by atoms with Gasteiger partial charge in [0.2, 0.25) is 0 Å². The highest BCUT2D eigenvalue weighted by atomic mass is 16.1. The maximum atomic E-state index is 12.8. The number of likely N-dealkylation sites (N-methyl/N-ethyl adjacent to an activating group) is 1. The number of hydrogen-bond acceptors (Lipinski definition) is 4. The zero-order chi connectivity index (χ0) is 15.5. The second kappa shape index (κ2) is 6.80. The van der Waals surface area contributed by atoms with E-state index in [1.54, 1.807) is 0 Å². The number of ketones is 1. The molecule has 0 bridgehead atoms. The summed E-state index contributed by atoms with van der Waals surface area (Å²) < 4.78 is 0. The lowest BCUT2D eigenvalue weighted by molar-refractivity contribution is 0.0710. The van der Waals surface area contributed by atoms with Crippen LogP contribution in [0.3, 0.4) is 0 Å². The maximum Gasteiger partial charge on any atom is 0.179 e. The Labute approximate surface area is 133 Å². The summed E-state index contributed by atoms with van der Waals surface area (Å²) in [4.78, 5) is 17.6. The second-order valence-electron chi connectivity index (χ2n) is 6.41. The van der Waals surface area contributed by atoms with E-state index in [9.17, 15) is 4.79 Å². The van der Waals surface area contributed by atoms with Crippen LogP contribution in [0.15, 0.2) is 18.2 Å². The van der Waals surface area contributed by atoms with Gasteiger partial charge in [0, 0.05) is 44.0 Å². The Kier molecular flexibility index (Phi) is 4.79. The Morgan fingerprint density at radius 1 is 1.27 bits per heavy atom. The fourth-order valence-corrected chi connectivity index (χ4v) is 3.50. The fraction of sp³-hybridized carbons (Fsp3) is 0.611. The van der Waals surface area contributed by atoms with Crippen molar-refractivity contribution in [3.63, 3.8) is 0 Å². The number of rotatable bonds is 4. The number of anilines is 1. The maximum absolute atomic E-state index is 12.8. The number of piperazine rings is 1. The van der Waals surface area contributed by atoms with Gasteiger partial charge in [-0.25, -0.2) is 0 Å². The molecule has 2 aliphatic rings. The lowest BCUT2D eigenvalue weighted by atomic mass is 9.96. The summed E-state index contributed by atoms with van der Waals surface area (Å²) in [5.74, 6) is 0.262. The summed E-state index contributed by atoms with van der Waals surface area (Å²) in [5, 5.41) is 3.41. The van der Waals surface area contributed by atoms with Gasteiger partial charge in [-0.15, -0.1) is 0 Å². The largest absolute Gasteiger partial charge is 0.385 e. The average Bonchev–Trinajstić information content (AvgIpc) is 2.60. The Morgan fingerprint density at radius 2 is 2.05 bits per heavy atom. The van der Waals surface area contributed by atoms with Crippen LogP contribution in [0.4, 0.5) is 5.69 Å². The molecule has 22 heavy (non-hydrogen) atoms. The highest BCUT2D eigenvalue weighted by Gasteiger charge is 2.26. The predicted octanol–water partition coefficient (Wildman–Crippen LogP) is 2.25. The highest BCUT2D eigenvalue weighted by molar-refractivity contribution is 6.00. The molecule has 4 nitrogen and oxygen atoms in total. The first-order valence-electron chi connectivity index (χ1n) is 8.56. The van der Waals surface area contributed by atoms with Gasteiger partial charge in [0.15, 0.2) is 5.78 Å². The summed E-state index contributed by atoms with van der Waals surface area (Å²) >= 11 is 0. The minimum Gasteiger partial charge on any atom is -0.385 e. The Hall–Kier alpha value is -1.39.